The molecule has 0 saturated heterocycles. The highest BCUT2D eigenvalue weighted by Crippen LogP contribution is 2.51. The van der Waals surface area contributed by atoms with Crippen LogP contribution in [0.1, 0.15) is 97.8 Å². The molecular weight excluding hydrogens is 334 g/mol. The number of hydrogen-bond donors (Lipinski definition) is 0. The van der Waals surface area contributed by atoms with Crippen LogP contribution in [0.15, 0.2) is 28.2 Å². The summed E-state index contributed by atoms with van der Waals surface area (Å²) < 4.78 is 5.58. The molecule has 2 fully saturated rings. The lowest BCUT2D eigenvalue weighted by molar-refractivity contribution is 0.252. The molecule has 0 aromatic rings. The fourth-order valence-corrected chi connectivity index (χ4v) is 5.40. The Balaban J connectivity index is 1.89. The van der Waals surface area contributed by atoms with Gasteiger partial charge in [0.2, 0.25) is 0 Å². The van der Waals surface area contributed by atoms with Crippen molar-refractivity contribution in [2.45, 2.75) is 104 Å². The highest BCUT2D eigenvalue weighted by molar-refractivity contribution is 5.36. The zero-order valence-corrected chi connectivity index (χ0v) is 18.1. The SMILES string of the molecule is CC/C=C1/CC2C(CCCC(CCCCC)N=O)CCC2C/C1=C(/C)OC. The molecule has 3 nitrogen and oxygen atoms in total. The van der Waals surface area contributed by atoms with Gasteiger partial charge in [-0.1, -0.05) is 57.2 Å². The first-order valence-corrected chi connectivity index (χ1v) is 11.4. The fourth-order valence-electron chi connectivity index (χ4n) is 5.40. The molecule has 27 heavy (non-hydrogen) atoms. The van der Waals surface area contributed by atoms with Gasteiger partial charge in [-0.15, -0.1) is 0 Å². The minimum absolute atomic E-state index is 0.0505. The van der Waals surface area contributed by atoms with Crippen LogP contribution in [0, 0.1) is 22.7 Å². The summed E-state index contributed by atoms with van der Waals surface area (Å²) in [5, 5.41) is 3.40. The van der Waals surface area contributed by atoms with E-state index < -0.39 is 0 Å². The lowest BCUT2D eigenvalue weighted by Crippen LogP contribution is -2.23. The van der Waals surface area contributed by atoms with E-state index in [2.05, 4.69) is 32.0 Å². The van der Waals surface area contributed by atoms with Crippen LogP contribution in [0.3, 0.4) is 0 Å². The van der Waals surface area contributed by atoms with Gasteiger partial charge in [-0.2, -0.15) is 4.91 Å². The van der Waals surface area contributed by atoms with Gasteiger partial charge >= 0.3 is 0 Å². The molecule has 0 aromatic carbocycles. The second-order valence-electron chi connectivity index (χ2n) is 8.73. The van der Waals surface area contributed by atoms with Gasteiger partial charge in [0.25, 0.3) is 0 Å². The Labute approximate surface area is 167 Å². The molecule has 0 aliphatic heterocycles. The van der Waals surface area contributed by atoms with Gasteiger partial charge in [-0.05, 0) is 80.8 Å². The minimum atomic E-state index is 0.0505. The summed E-state index contributed by atoms with van der Waals surface area (Å²) in [6, 6.07) is 0.0505. The van der Waals surface area contributed by atoms with Gasteiger partial charge in [0.05, 0.1) is 18.9 Å². The third-order valence-corrected chi connectivity index (χ3v) is 7.01. The number of allylic oxidation sites excluding steroid dienone is 4. The molecular formula is C24H41NO2. The van der Waals surface area contributed by atoms with E-state index in [-0.39, 0.29) is 6.04 Å². The monoisotopic (exact) mass is 375 g/mol. The van der Waals surface area contributed by atoms with E-state index in [1.54, 1.807) is 7.11 Å². The summed E-state index contributed by atoms with van der Waals surface area (Å²) in [6.07, 6.45) is 16.7. The lowest BCUT2D eigenvalue weighted by Gasteiger charge is -2.34. The molecule has 0 aromatic heterocycles. The van der Waals surface area contributed by atoms with Crippen LogP contribution >= 0.6 is 0 Å². The van der Waals surface area contributed by atoms with Crippen LogP contribution < -0.4 is 0 Å². The molecule has 0 spiro atoms. The van der Waals surface area contributed by atoms with E-state index in [4.69, 9.17) is 4.74 Å². The molecule has 0 heterocycles. The zero-order valence-electron chi connectivity index (χ0n) is 18.1. The van der Waals surface area contributed by atoms with Crippen molar-refractivity contribution in [2.24, 2.45) is 22.9 Å². The summed E-state index contributed by atoms with van der Waals surface area (Å²) in [5.74, 6) is 3.61. The first-order chi connectivity index (χ1) is 13.1. The van der Waals surface area contributed by atoms with Crippen molar-refractivity contribution in [3.63, 3.8) is 0 Å². The van der Waals surface area contributed by atoms with Crippen LogP contribution in [-0.2, 0) is 4.74 Å². The fraction of sp³-hybridized carbons (Fsp3) is 0.833. The number of nitrogens with zero attached hydrogens (tertiary/aromatic N) is 1. The minimum Gasteiger partial charge on any atom is -0.501 e. The third kappa shape index (κ3) is 6.19. The molecule has 0 amide bonds. The van der Waals surface area contributed by atoms with Crippen molar-refractivity contribution >= 4 is 0 Å². The van der Waals surface area contributed by atoms with Gasteiger partial charge in [-0.3, -0.25) is 0 Å². The number of hydrogen-bond acceptors (Lipinski definition) is 3. The van der Waals surface area contributed by atoms with E-state index in [0.29, 0.717) is 0 Å². The molecule has 2 rings (SSSR count). The largest absolute Gasteiger partial charge is 0.501 e. The number of rotatable bonds is 11. The second-order valence-corrected chi connectivity index (χ2v) is 8.73. The molecule has 4 atom stereocenters. The molecule has 154 valence electrons. The van der Waals surface area contributed by atoms with E-state index in [1.165, 1.54) is 62.5 Å². The Morgan fingerprint density at radius 2 is 1.96 bits per heavy atom. The van der Waals surface area contributed by atoms with Crippen molar-refractivity contribution in [1.29, 1.82) is 0 Å². The van der Waals surface area contributed by atoms with Crippen molar-refractivity contribution < 1.29 is 4.74 Å². The Morgan fingerprint density at radius 3 is 2.63 bits per heavy atom. The van der Waals surface area contributed by atoms with E-state index in [0.717, 1.165) is 49.2 Å². The average molecular weight is 376 g/mol. The van der Waals surface area contributed by atoms with Crippen molar-refractivity contribution in [3.8, 4) is 0 Å². The number of methoxy groups -OCH3 is 1. The smallest absolute Gasteiger partial charge is 0.0959 e. The average Bonchev–Trinajstić information content (AvgIpc) is 3.08. The number of fused-ring (bicyclic) bond motifs is 1. The van der Waals surface area contributed by atoms with E-state index in [1.807, 2.05) is 0 Å². The van der Waals surface area contributed by atoms with Gasteiger partial charge in [0.1, 0.15) is 0 Å². The Hall–Kier alpha value is -1.12. The Bertz CT molecular complexity index is 522. The van der Waals surface area contributed by atoms with Crippen molar-refractivity contribution in [3.05, 3.63) is 27.9 Å². The lowest BCUT2D eigenvalue weighted by atomic mass is 9.72. The van der Waals surface area contributed by atoms with Crippen LogP contribution in [0.25, 0.3) is 0 Å². The zero-order chi connectivity index (χ0) is 19.6. The van der Waals surface area contributed by atoms with Crippen LogP contribution in [0.2, 0.25) is 0 Å². The number of ether oxygens (including phenoxy) is 1. The molecule has 0 radical (unpaired) electrons. The van der Waals surface area contributed by atoms with Gasteiger partial charge < -0.3 is 4.74 Å². The number of nitroso groups, excluding NO2 is 1. The van der Waals surface area contributed by atoms with Gasteiger partial charge in [-0.25, -0.2) is 0 Å². The maximum absolute atomic E-state index is 11.1. The summed E-state index contributed by atoms with van der Waals surface area (Å²) in [6.45, 7) is 6.56. The molecule has 2 aliphatic carbocycles. The summed E-state index contributed by atoms with van der Waals surface area (Å²) in [4.78, 5) is 11.1. The maximum Gasteiger partial charge on any atom is 0.0959 e. The van der Waals surface area contributed by atoms with Crippen molar-refractivity contribution in [2.75, 3.05) is 7.11 Å². The summed E-state index contributed by atoms with van der Waals surface area (Å²) in [7, 11) is 1.80. The second kappa shape index (κ2) is 11.7. The van der Waals surface area contributed by atoms with Crippen LogP contribution in [0.4, 0.5) is 0 Å². The first kappa shape index (κ1) is 22.2. The molecule has 4 unspecified atom stereocenters. The molecule has 2 saturated carbocycles. The summed E-state index contributed by atoms with van der Waals surface area (Å²) >= 11 is 0. The van der Waals surface area contributed by atoms with Crippen molar-refractivity contribution in [1.82, 2.24) is 0 Å². The van der Waals surface area contributed by atoms with Crippen LogP contribution in [0.5, 0.6) is 0 Å². The quantitative estimate of drug-likeness (QED) is 0.212. The predicted octanol–water partition coefficient (Wildman–Crippen LogP) is 7.57. The third-order valence-electron chi connectivity index (χ3n) is 7.01. The van der Waals surface area contributed by atoms with Crippen LogP contribution in [-0.4, -0.2) is 13.2 Å². The Morgan fingerprint density at radius 1 is 1.19 bits per heavy atom. The maximum atomic E-state index is 11.1. The van der Waals surface area contributed by atoms with Gasteiger partial charge in [0.15, 0.2) is 0 Å². The predicted molar refractivity (Wildman–Crippen MR) is 115 cm³/mol. The number of unbranched alkanes of at least 4 members (excludes halogenated alkanes) is 2. The van der Waals surface area contributed by atoms with Gasteiger partial charge in [0, 0.05) is 0 Å². The molecule has 2 aliphatic rings. The van der Waals surface area contributed by atoms with E-state index >= 15 is 0 Å². The molecule has 0 bridgehead atoms. The highest BCUT2D eigenvalue weighted by Gasteiger charge is 2.40. The normalized spacial score (nSPS) is 29.5. The van der Waals surface area contributed by atoms with E-state index in [9.17, 15) is 4.91 Å². The molecule has 0 N–H and O–H groups in total. The topological polar surface area (TPSA) is 38.7 Å². The standard InChI is InChI=1S/C24H41NO2/c1-5-7-8-12-22(25-26)13-9-11-19-14-15-21-16-23(18(3)27-4)20(10-6-2)17-24(19)21/h10,19,21-22,24H,5-9,11-17H2,1-4H3/b20-10-,23-18+. The Kier molecular flexibility index (Phi) is 9.58. The summed E-state index contributed by atoms with van der Waals surface area (Å²) in [5.41, 5.74) is 3.01. The first-order valence-electron chi connectivity index (χ1n) is 11.4. The molecule has 3 heteroatoms. The highest BCUT2D eigenvalue weighted by atomic mass is 16.5.